The van der Waals surface area contributed by atoms with Crippen molar-refractivity contribution in [3.63, 3.8) is 0 Å². The van der Waals surface area contributed by atoms with E-state index in [1.807, 2.05) is 95.6 Å². The Morgan fingerprint density at radius 2 is 1.26 bits per heavy atom. The molecule has 0 bridgehead atoms. The zero-order valence-electron chi connectivity index (χ0n) is 42.6. The topological polar surface area (TPSA) is 103 Å². The molecule has 74 heavy (non-hydrogen) atoms. The van der Waals surface area contributed by atoms with Gasteiger partial charge in [-0.2, -0.15) is 13.2 Å². The zero-order chi connectivity index (χ0) is 52.1. The SMILES string of the molecule is CC(C)(C)c1ccc(-n2c(-c3cc(C(C)(C)C)cc(C(C)(C)C)c3O)nc3c(-c4cccc(-c5cc(-c6ccccc6)ccn5)c4)c4c(cc32)oc2c(C(F)(F)F)c(-c3nnco3)ccc24)c(-c2ccccc2)c1. The van der Waals surface area contributed by atoms with Gasteiger partial charge in [0, 0.05) is 45.3 Å². The number of aromatic nitrogens is 5. The lowest BCUT2D eigenvalue weighted by molar-refractivity contribution is -0.136. The summed E-state index contributed by atoms with van der Waals surface area (Å²) in [5.41, 5.74) is 9.02. The molecule has 0 aliphatic rings. The van der Waals surface area contributed by atoms with Gasteiger partial charge in [0.25, 0.3) is 0 Å². The molecular formula is C63H54F3N5O3. The highest BCUT2D eigenvalue weighted by Crippen LogP contribution is 2.51. The molecule has 0 unspecified atom stereocenters. The maximum Gasteiger partial charge on any atom is 0.420 e. The molecule has 0 atom stereocenters. The normalized spacial score (nSPS) is 12.6. The van der Waals surface area contributed by atoms with Crippen LogP contribution in [-0.4, -0.2) is 29.8 Å². The number of alkyl halides is 3. The number of phenolic OH excluding ortho intramolecular Hbond substituents is 1. The number of fused-ring (bicyclic) bond motifs is 4. The van der Waals surface area contributed by atoms with Gasteiger partial charge in [0.05, 0.1) is 33.5 Å². The summed E-state index contributed by atoms with van der Waals surface area (Å²) in [6.45, 7) is 19.2. The van der Waals surface area contributed by atoms with E-state index in [-0.39, 0.29) is 44.6 Å². The van der Waals surface area contributed by atoms with Crippen molar-refractivity contribution in [2.45, 2.75) is 84.7 Å². The average Bonchev–Trinajstić information content (AvgIpc) is 4.13. The average molecular weight is 986 g/mol. The van der Waals surface area contributed by atoms with Gasteiger partial charge in [0.2, 0.25) is 12.3 Å². The Labute approximate surface area is 427 Å². The Morgan fingerprint density at radius 1 is 0.581 bits per heavy atom. The third kappa shape index (κ3) is 8.39. The Kier molecular flexibility index (Phi) is 11.3. The van der Waals surface area contributed by atoms with Gasteiger partial charge in [-0.1, -0.05) is 153 Å². The second-order valence-corrected chi connectivity index (χ2v) is 22.1. The largest absolute Gasteiger partial charge is 0.507 e. The molecule has 11 rings (SSSR count). The fourth-order valence-corrected chi connectivity index (χ4v) is 10.1. The zero-order valence-corrected chi connectivity index (χ0v) is 42.6. The number of imidazole rings is 1. The molecule has 0 saturated heterocycles. The maximum atomic E-state index is 15.7. The van der Waals surface area contributed by atoms with Crippen molar-refractivity contribution in [1.82, 2.24) is 24.7 Å². The summed E-state index contributed by atoms with van der Waals surface area (Å²) >= 11 is 0. The van der Waals surface area contributed by atoms with E-state index < -0.39 is 17.2 Å². The number of hydrogen-bond acceptors (Lipinski definition) is 7. The number of benzene rings is 7. The molecule has 0 aliphatic heterocycles. The van der Waals surface area contributed by atoms with Gasteiger partial charge in [0.1, 0.15) is 28.3 Å². The molecule has 4 aromatic heterocycles. The van der Waals surface area contributed by atoms with Crippen LogP contribution in [-0.2, 0) is 22.4 Å². The summed E-state index contributed by atoms with van der Waals surface area (Å²) in [5, 5.41) is 21.0. The Bertz CT molecular complexity index is 3950. The number of phenols is 1. The van der Waals surface area contributed by atoms with Crippen molar-refractivity contribution in [1.29, 1.82) is 0 Å². The summed E-state index contributed by atoms with van der Waals surface area (Å²) in [6, 6.07) is 47.2. The summed E-state index contributed by atoms with van der Waals surface area (Å²) in [5.74, 6) is 0.232. The quantitative estimate of drug-likeness (QED) is 0.170. The van der Waals surface area contributed by atoms with Gasteiger partial charge in [0.15, 0.2) is 0 Å². The number of halogens is 3. The van der Waals surface area contributed by atoms with Gasteiger partial charge in [-0.25, -0.2) is 4.98 Å². The first-order valence-electron chi connectivity index (χ1n) is 24.6. The molecule has 7 aromatic carbocycles. The predicted octanol–water partition coefficient (Wildman–Crippen LogP) is 17.3. The van der Waals surface area contributed by atoms with E-state index in [0.29, 0.717) is 44.6 Å². The molecule has 11 aromatic rings. The van der Waals surface area contributed by atoms with E-state index in [0.717, 1.165) is 56.6 Å². The molecule has 0 radical (unpaired) electrons. The lowest BCUT2D eigenvalue weighted by Crippen LogP contribution is -2.17. The van der Waals surface area contributed by atoms with Crippen molar-refractivity contribution in [3.05, 3.63) is 180 Å². The van der Waals surface area contributed by atoms with E-state index in [9.17, 15) is 5.11 Å². The minimum atomic E-state index is -4.90. The Morgan fingerprint density at radius 3 is 1.92 bits per heavy atom. The van der Waals surface area contributed by atoms with Crippen LogP contribution in [0.5, 0.6) is 5.75 Å². The molecule has 11 heteroatoms. The van der Waals surface area contributed by atoms with Crippen LogP contribution in [0.4, 0.5) is 13.2 Å². The molecule has 370 valence electrons. The summed E-state index contributed by atoms with van der Waals surface area (Å²) in [4.78, 5) is 10.5. The molecular weight excluding hydrogens is 932 g/mol. The highest BCUT2D eigenvalue weighted by Gasteiger charge is 2.40. The summed E-state index contributed by atoms with van der Waals surface area (Å²) in [6.07, 6.45) is -2.12. The molecule has 0 saturated carbocycles. The monoisotopic (exact) mass is 985 g/mol. The minimum absolute atomic E-state index is 0.0834. The first-order chi connectivity index (χ1) is 35.1. The fourth-order valence-electron chi connectivity index (χ4n) is 10.1. The van der Waals surface area contributed by atoms with E-state index in [1.54, 1.807) is 18.3 Å². The van der Waals surface area contributed by atoms with Gasteiger partial charge in [-0.3, -0.25) is 9.55 Å². The number of rotatable bonds is 7. The lowest BCUT2D eigenvalue weighted by atomic mass is 9.79. The number of furan rings is 1. The number of nitrogens with zero attached hydrogens (tertiary/aromatic N) is 5. The van der Waals surface area contributed by atoms with Crippen LogP contribution in [0.2, 0.25) is 0 Å². The van der Waals surface area contributed by atoms with E-state index in [4.69, 9.17) is 18.8 Å². The molecule has 0 amide bonds. The molecule has 0 spiro atoms. The van der Waals surface area contributed by atoms with Crippen molar-refractivity contribution in [3.8, 4) is 78.9 Å². The van der Waals surface area contributed by atoms with Crippen LogP contribution in [0.3, 0.4) is 0 Å². The highest BCUT2D eigenvalue weighted by molar-refractivity contribution is 6.21. The number of hydrogen-bond donors (Lipinski definition) is 1. The van der Waals surface area contributed by atoms with Crippen molar-refractivity contribution in [2.75, 3.05) is 0 Å². The van der Waals surface area contributed by atoms with Crippen LogP contribution >= 0.6 is 0 Å². The lowest BCUT2D eigenvalue weighted by Gasteiger charge is -2.28. The highest BCUT2D eigenvalue weighted by atomic mass is 19.4. The van der Waals surface area contributed by atoms with Crippen LogP contribution in [0.15, 0.2) is 167 Å². The van der Waals surface area contributed by atoms with Crippen molar-refractivity contribution >= 4 is 33.0 Å². The van der Waals surface area contributed by atoms with E-state index in [1.165, 1.54) is 6.07 Å². The van der Waals surface area contributed by atoms with Crippen LogP contribution in [0.25, 0.3) is 106 Å². The van der Waals surface area contributed by atoms with Crippen LogP contribution in [0.1, 0.15) is 84.6 Å². The van der Waals surface area contributed by atoms with Crippen LogP contribution in [0, 0.1) is 0 Å². The van der Waals surface area contributed by atoms with Crippen molar-refractivity contribution < 1.29 is 27.1 Å². The smallest absolute Gasteiger partial charge is 0.420 e. The predicted molar refractivity (Wildman–Crippen MR) is 289 cm³/mol. The van der Waals surface area contributed by atoms with Gasteiger partial charge >= 0.3 is 6.18 Å². The molecule has 0 fully saturated rings. The third-order valence-electron chi connectivity index (χ3n) is 14.0. The first kappa shape index (κ1) is 48.0. The van der Waals surface area contributed by atoms with Crippen molar-refractivity contribution in [2.24, 2.45) is 0 Å². The van der Waals surface area contributed by atoms with E-state index >= 15 is 13.2 Å². The fraction of sp³-hybridized carbons (Fsp3) is 0.206. The van der Waals surface area contributed by atoms with E-state index in [2.05, 4.69) is 109 Å². The second-order valence-electron chi connectivity index (χ2n) is 22.1. The molecule has 1 N–H and O–H groups in total. The molecule has 0 aliphatic carbocycles. The Balaban J connectivity index is 1.32. The minimum Gasteiger partial charge on any atom is -0.507 e. The number of pyridine rings is 1. The standard InChI is InChI=1S/C63H54F3N5O3/c1-60(2,3)41-23-26-49(45(31-41)37-19-14-11-15-20-37)71-50-34-51-53(43-24-25-44(59-70-68-35-73-59)54(57(43)74-51)63(64,65)66)52(40-22-16-21-39(29-40)48-30-38(27-28-67-48)36-17-12-10-13-18-36)55(50)69-58(71)46-32-42(61(4,5)6)33-47(56(46)72)62(7,8)9/h10-35,72H,1-9H3. The van der Waals surface area contributed by atoms with Gasteiger partial charge in [-0.15, -0.1) is 10.2 Å². The summed E-state index contributed by atoms with van der Waals surface area (Å²) < 4.78 is 61.0. The maximum absolute atomic E-state index is 15.7. The van der Waals surface area contributed by atoms with Gasteiger partial charge in [-0.05, 0) is 98.2 Å². The summed E-state index contributed by atoms with van der Waals surface area (Å²) in [7, 11) is 0. The Hall–Kier alpha value is -8.31. The second kappa shape index (κ2) is 17.4. The third-order valence-corrected chi connectivity index (χ3v) is 14.0. The number of aromatic hydroxyl groups is 1. The molecule has 8 nitrogen and oxygen atoms in total. The first-order valence-corrected chi connectivity index (χ1v) is 24.6. The van der Waals surface area contributed by atoms with Gasteiger partial charge < -0.3 is 13.9 Å². The van der Waals surface area contributed by atoms with Crippen LogP contribution < -0.4 is 0 Å². The molecule has 4 heterocycles.